The minimum atomic E-state index is -0.523. The molecule has 5 nitrogen and oxygen atoms in total. The van der Waals surface area contributed by atoms with Gasteiger partial charge in [0.15, 0.2) is 0 Å². The van der Waals surface area contributed by atoms with Gasteiger partial charge in [0.05, 0.1) is 6.10 Å². The second kappa shape index (κ2) is 7.61. The van der Waals surface area contributed by atoms with E-state index in [9.17, 15) is 9.90 Å². The summed E-state index contributed by atoms with van der Waals surface area (Å²) in [7, 11) is 0. The van der Waals surface area contributed by atoms with Crippen molar-refractivity contribution in [1.29, 1.82) is 0 Å². The smallest absolute Gasteiger partial charge is 0.407 e. The molecule has 0 radical (unpaired) electrons. The van der Waals surface area contributed by atoms with E-state index < -0.39 is 17.8 Å². The Labute approximate surface area is 124 Å². The number of carbonyl (C=O) groups excluding carboxylic acids is 1. The Morgan fingerprint density at radius 3 is 2.70 bits per heavy atom. The van der Waals surface area contributed by atoms with Crippen LogP contribution in [0.25, 0.3) is 0 Å². The maximum atomic E-state index is 11.5. The van der Waals surface area contributed by atoms with Crippen LogP contribution in [0.15, 0.2) is 16.8 Å². The van der Waals surface area contributed by atoms with Gasteiger partial charge >= 0.3 is 6.09 Å². The normalized spacial score (nSPS) is 14.7. The Balaban J connectivity index is 2.20. The van der Waals surface area contributed by atoms with Crippen LogP contribution in [0.4, 0.5) is 4.79 Å². The molecule has 6 heteroatoms. The topological polar surface area (TPSA) is 70.6 Å². The molecular formula is C14H24N2O3S. The molecule has 0 aliphatic heterocycles. The molecule has 2 atom stereocenters. The highest BCUT2D eigenvalue weighted by Crippen LogP contribution is 2.15. The van der Waals surface area contributed by atoms with Gasteiger partial charge in [-0.05, 0) is 50.1 Å². The Morgan fingerprint density at radius 1 is 1.45 bits per heavy atom. The molecule has 0 aromatic carbocycles. The van der Waals surface area contributed by atoms with Crippen molar-refractivity contribution in [2.75, 3.05) is 13.1 Å². The summed E-state index contributed by atoms with van der Waals surface area (Å²) in [5.74, 6) is 0. The molecule has 1 aromatic rings. The lowest BCUT2D eigenvalue weighted by Crippen LogP contribution is -2.42. The quantitative estimate of drug-likeness (QED) is 0.754. The van der Waals surface area contributed by atoms with E-state index in [2.05, 4.69) is 10.6 Å². The van der Waals surface area contributed by atoms with Crippen molar-refractivity contribution in [3.8, 4) is 0 Å². The maximum Gasteiger partial charge on any atom is 0.407 e. The summed E-state index contributed by atoms with van der Waals surface area (Å²) >= 11 is 1.56. The fourth-order valence-electron chi connectivity index (χ4n) is 1.52. The predicted molar refractivity (Wildman–Crippen MR) is 81.0 cm³/mol. The minimum Gasteiger partial charge on any atom is -0.444 e. The molecule has 0 saturated carbocycles. The average Bonchev–Trinajstić information content (AvgIpc) is 2.85. The summed E-state index contributed by atoms with van der Waals surface area (Å²) in [6.07, 6.45) is -0.949. The number of aliphatic hydroxyl groups excluding tert-OH is 1. The van der Waals surface area contributed by atoms with Crippen molar-refractivity contribution >= 4 is 17.4 Å². The molecule has 1 heterocycles. The van der Waals surface area contributed by atoms with Gasteiger partial charge in [-0.15, -0.1) is 0 Å². The van der Waals surface area contributed by atoms with Crippen molar-refractivity contribution in [2.24, 2.45) is 0 Å². The van der Waals surface area contributed by atoms with Crippen LogP contribution < -0.4 is 10.6 Å². The molecular weight excluding hydrogens is 276 g/mol. The lowest BCUT2D eigenvalue weighted by atomic mass is 10.2. The summed E-state index contributed by atoms with van der Waals surface area (Å²) in [6.45, 7) is 8.32. The molecule has 1 rings (SSSR count). The van der Waals surface area contributed by atoms with Crippen molar-refractivity contribution in [3.63, 3.8) is 0 Å². The summed E-state index contributed by atoms with van der Waals surface area (Å²) < 4.78 is 5.15. The van der Waals surface area contributed by atoms with E-state index in [0.29, 0.717) is 13.1 Å². The minimum absolute atomic E-state index is 0.0517. The number of nitrogens with one attached hydrogen (secondary N) is 2. The molecule has 2 unspecified atom stereocenters. The molecule has 3 N–H and O–H groups in total. The molecule has 114 valence electrons. The Hall–Kier alpha value is -1.11. The zero-order valence-electron chi connectivity index (χ0n) is 12.5. The van der Waals surface area contributed by atoms with Crippen molar-refractivity contribution < 1.29 is 14.6 Å². The monoisotopic (exact) mass is 300 g/mol. The van der Waals surface area contributed by atoms with E-state index >= 15 is 0 Å². The number of amides is 1. The van der Waals surface area contributed by atoms with E-state index in [1.807, 2.05) is 44.5 Å². The van der Waals surface area contributed by atoms with Gasteiger partial charge in [-0.2, -0.15) is 11.3 Å². The summed E-state index contributed by atoms with van der Waals surface area (Å²) in [4.78, 5) is 11.5. The Morgan fingerprint density at radius 2 is 2.15 bits per heavy atom. The van der Waals surface area contributed by atoms with Gasteiger partial charge in [0.2, 0.25) is 0 Å². The first kappa shape index (κ1) is 16.9. The van der Waals surface area contributed by atoms with Gasteiger partial charge < -0.3 is 20.5 Å². The Kier molecular flexibility index (Phi) is 6.45. The summed E-state index contributed by atoms with van der Waals surface area (Å²) in [5.41, 5.74) is 0.422. The van der Waals surface area contributed by atoms with Crippen LogP contribution in [-0.2, 0) is 4.74 Å². The summed E-state index contributed by atoms with van der Waals surface area (Å²) in [5, 5.41) is 19.7. The molecule has 0 bridgehead atoms. The lowest BCUT2D eigenvalue weighted by Gasteiger charge is -2.21. The third-order valence-corrected chi connectivity index (χ3v) is 3.24. The molecule has 0 saturated heterocycles. The number of rotatable bonds is 6. The van der Waals surface area contributed by atoms with Gasteiger partial charge in [-0.1, -0.05) is 0 Å². The predicted octanol–water partition coefficient (Wildman–Crippen LogP) is 2.28. The maximum absolute atomic E-state index is 11.5. The van der Waals surface area contributed by atoms with Gasteiger partial charge in [0.25, 0.3) is 0 Å². The zero-order chi connectivity index (χ0) is 15.2. The largest absolute Gasteiger partial charge is 0.444 e. The molecule has 0 spiro atoms. The number of carbonyl (C=O) groups is 1. The van der Waals surface area contributed by atoms with Crippen LogP contribution in [-0.4, -0.2) is 35.9 Å². The summed E-state index contributed by atoms with van der Waals surface area (Å²) in [6, 6.07) is 1.96. The van der Waals surface area contributed by atoms with Crippen LogP contribution in [0.1, 0.15) is 39.4 Å². The van der Waals surface area contributed by atoms with Crippen LogP contribution in [0.2, 0.25) is 0 Å². The third kappa shape index (κ3) is 6.88. The number of hydrogen-bond acceptors (Lipinski definition) is 5. The second-order valence-corrected chi connectivity index (χ2v) is 6.54. The lowest BCUT2D eigenvalue weighted by molar-refractivity contribution is 0.0522. The van der Waals surface area contributed by atoms with Crippen molar-refractivity contribution in [3.05, 3.63) is 22.4 Å². The van der Waals surface area contributed by atoms with Gasteiger partial charge in [0.1, 0.15) is 5.60 Å². The van der Waals surface area contributed by atoms with E-state index in [0.717, 1.165) is 5.56 Å². The van der Waals surface area contributed by atoms with Gasteiger partial charge in [0, 0.05) is 19.1 Å². The third-order valence-electron chi connectivity index (χ3n) is 2.54. The SMILES string of the molecule is CC(CNC(=O)OC(C)(C)C)NCC(O)c1ccsc1. The molecule has 1 aromatic heterocycles. The first-order chi connectivity index (χ1) is 9.28. The van der Waals surface area contributed by atoms with Crippen LogP contribution >= 0.6 is 11.3 Å². The second-order valence-electron chi connectivity index (χ2n) is 5.76. The van der Waals surface area contributed by atoms with Crippen LogP contribution in [0, 0.1) is 0 Å². The average molecular weight is 300 g/mol. The van der Waals surface area contributed by atoms with Gasteiger partial charge in [-0.25, -0.2) is 4.79 Å². The van der Waals surface area contributed by atoms with E-state index in [1.54, 1.807) is 11.3 Å². The van der Waals surface area contributed by atoms with Crippen molar-refractivity contribution in [2.45, 2.75) is 45.4 Å². The van der Waals surface area contributed by atoms with Gasteiger partial charge in [-0.3, -0.25) is 0 Å². The highest BCUT2D eigenvalue weighted by Gasteiger charge is 2.16. The highest BCUT2D eigenvalue weighted by molar-refractivity contribution is 7.07. The molecule has 20 heavy (non-hydrogen) atoms. The number of hydrogen-bond donors (Lipinski definition) is 3. The molecule has 1 amide bonds. The first-order valence-corrected chi connectivity index (χ1v) is 7.62. The molecule has 0 aliphatic rings. The number of aliphatic hydroxyl groups is 1. The van der Waals surface area contributed by atoms with Crippen LogP contribution in [0.5, 0.6) is 0 Å². The van der Waals surface area contributed by atoms with E-state index in [1.165, 1.54) is 0 Å². The number of ether oxygens (including phenoxy) is 1. The highest BCUT2D eigenvalue weighted by atomic mass is 32.1. The van der Waals surface area contributed by atoms with E-state index in [4.69, 9.17) is 4.74 Å². The number of thiophene rings is 1. The molecule has 0 fully saturated rings. The van der Waals surface area contributed by atoms with Crippen molar-refractivity contribution in [1.82, 2.24) is 10.6 Å². The standard InChI is InChI=1S/C14H24N2O3S/c1-10(7-16-13(18)19-14(2,3)4)15-8-12(17)11-5-6-20-9-11/h5-6,9-10,12,15,17H,7-8H2,1-4H3,(H,16,18). The fraction of sp³-hybridized carbons (Fsp3) is 0.643. The fourth-order valence-corrected chi connectivity index (χ4v) is 2.23. The van der Waals surface area contributed by atoms with Crippen LogP contribution in [0.3, 0.4) is 0 Å². The Bertz CT molecular complexity index is 401. The number of alkyl carbamates (subject to hydrolysis) is 1. The molecule has 0 aliphatic carbocycles. The first-order valence-electron chi connectivity index (χ1n) is 6.68. The zero-order valence-corrected chi connectivity index (χ0v) is 13.3. The van der Waals surface area contributed by atoms with E-state index in [-0.39, 0.29) is 6.04 Å².